The van der Waals surface area contributed by atoms with E-state index < -0.39 is 0 Å². The fraction of sp³-hybridized carbons (Fsp3) is 0.211. The van der Waals surface area contributed by atoms with E-state index in [9.17, 15) is 9.59 Å². The lowest BCUT2D eigenvalue weighted by Crippen LogP contribution is -2.37. The third kappa shape index (κ3) is 5.53. The van der Waals surface area contributed by atoms with E-state index in [1.54, 1.807) is 55.6 Å². The molecule has 0 aliphatic heterocycles. The van der Waals surface area contributed by atoms with Crippen LogP contribution in [-0.4, -0.2) is 44.0 Å². The van der Waals surface area contributed by atoms with Gasteiger partial charge in [-0.15, -0.1) is 0 Å². The number of likely N-dealkylation sites (N-methyl/N-ethyl adjacent to an activating group) is 1. The second-order valence-electron chi connectivity index (χ2n) is 5.45. The summed E-state index contributed by atoms with van der Waals surface area (Å²) in [7, 11) is 3.07. The number of ether oxygens (including phenoxy) is 2. The molecule has 0 unspecified atom stereocenters. The predicted octanol–water partition coefficient (Wildman–Crippen LogP) is 2.04. The summed E-state index contributed by atoms with van der Waals surface area (Å²) in [4.78, 5) is 25.4. The molecule has 2 amide bonds. The molecule has 0 aromatic heterocycles. The average molecular weight is 353 g/mol. The maximum absolute atomic E-state index is 12.1. The molecule has 7 nitrogen and oxygen atoms in total. The molecule has 2 rings (SSSR count). The number of nitrogens with zero attached hydrogens (tertiary/aromatic N) is 2. The number of nitrogens with one attached hydrogen (secondary N) is 1. The zero-order valence-corrected chi connectivity index (χ0v) is 14.6. The van der Waals surface area contributed by atoms with Gasteiger partial charge in [-0.2, -0.15) is 5.26 Å². The Bertz CT molecular complexity index is 812. The Labute approximate surface area is 151 Å². The first kappa shape index (κ1) is 18.8. The molecule has 0 aliphatic rings. The lowest BCUT2D eigenvalue weighted by atomic mass is 10.2. The fourth-order valence-corrected chi connectivity index (χ4v) is 2.09. The van der Waals surface area contributed by atoms with Crippen molar-refractivity contribution in [1.82, 2.24) is 4.90 Å². The van der Waals surface area contributed by atoms with Gasteiger partial charge in [0, 0.05) is 18.8 Å². The van der Waals surface area contributed by atoms with Gasteiger partial charge in [-0.05, 0) is 36.4 Å². The molecule has 1 N–H and O–H groups in total. The summed E-state index contributed by atoms with van der Waals surface area (Å²) in [6, 6.07) is 15.4. The van der Waals surface area contributed by atoms with Crippen LogP contribution in [0.25, 0.3) is 0 Å². The molecule has 0 radical (unpaired) electrons. The molecule has 26 heavy (non-hydrogen) atoms. The van der Waals surface area contributed by atoms with Crippen molar-refractivity contribution in [3.05, 3.63) is 54.1 Å². The van der Waals surface area contributed by atoms with E-state index >= 15 is 0 Å². The van der Waals surface area contributed by atoms with Crippen LogP contribution in [0.4, 0.5) is 5.69 Å². The number of anilines is 1. The molecule has 7 heteroatoms. The Balaban J connectivity index is 1.81. The van der Waals surface area contributed by atoms with Crippen LogP contribution in [0.15, 0.2) is 48.5 Å². The number of hydrogen-bond acceptors (Lipinski definition) is 5. The van der Waals surface area contributed by atoms with Crippen LogP contribution >= 0.6 is 0 Å². The van der Waals surface area contributed by atoms with E-state index in [1.807, 2.05) is 6.07 Å². The van der Waals surface area contributed by atoms with Crippen molar-refractivity contribution >= 4 is 17.5 Å². The number of amides is 2. The van der Waals surface area contributed by atoms with E-state index in [2.05, 4.69) is 5.32 Å². The second-order valence-corrected chi connectivity index (χ2v) is 5.45. The summed E-state index contributed by atoms with van der Waals surface area (Å²) in [5.41, 5.74) is 1.10. The number of carbonyl (C=O) groups is 2. The Kier molecular flexibility index (Phi) is 6.57. The topological polar surface area (TPSA) is 91.7 Å². The number of rotatable bonds is 7. The molecule has 0 fully saturated rings. The molecule has 134 valence electrons. The third-order valence-corrected chi connectivity index (χ3v) is 3.51. The summed E-state index contributed by atoms with van der Waals surface area (Å²) in [6.07, 6.45) is 0. The lowest BCUT2D eigenvalue weighted by Gasteiger charge is -2.17. The number of methoxy groups -OCH3 is 1. The second kappa shape index (κ2) is 9.08. The molecule has 2 aromatic carbocycles. The SMILES string of the molecule is COc1cccc(NC(=O)CN(C)C(=O)COc2ccc(C#N)cc2)c1. The first-order valence-electron chi connectivity index (χ1n) is 7.82. The van der Waals surface area contributed by atoms with Crippen LogP contribution in [0.1, 0.15) is 5.56 Å². The Morgan fingerprint density at radius 1 is 1.15 bits per heavy atom. The number of benzene rings is 2. The molecule has 0 heterocycles. The molecular formula is C19H19N3O4. The molecule has 0 aliphatic carbocycles. The highest BCUT2D eigenvalue weighted by Crippen LogP contribution is 2.16. The van der Waals surface area contributed by atoms with Crippen molar-refractivity contribution in [3.63, 3.8) is 0 Å². The molecule has 0 saturated heterocycles. The quantitative estimate of drug-likeness (QED) is 0.822. The van der Waals surface area contributed by atoms with Crippen LogP contribution in [-0.2, 0) is 9.59 Å². The van der Waals surface area contributed by atoms with Crippen LogP contribution in [0, 0.1) is 11.3 Å². The maximum Gasteiger partial charge on any atom is 0.260 e. The third-order valence-electron chi connectivity index (χ3n) is 3.51. The molecule has 2 aromatic rings. The van der Waals surface area contributed by atoms with Gasteiger partial charge in [0.25, 0.3) is 5.91 Å². The highest BCUT2D eigenvalue weighted by molar-refractivity contribution is 5.94. The van der Waals surface area contributed by atoms with Crippen molar-refractivity contribution in [3.8, 4) is 17.6 Å². The summed E-state index contributed by atoms with van der Waals surface area (Å²) in [5, 5.41) is 11.4. The van der Waals surface area contributed by atoms with E-state index in [-0.39, 0.29) is 25.0 Å². The summed E-state index contributed by atoms with van der Waals surface area (Å²) >= 11 is 0. The smallest absolute Gasteiger partial charge is 0.260 e. The Morgan fingerprint density at radius 2 is 1.88 bits per heavy atom. The molecule has 0 atom stereocenters. The zero-order chi connectivity index (χ0) is 18.9. The van der Waals surface area contributed by atoms with Gasteiger partial charge >= 0.3 is 0 Å². The number of nitriles is 1. The Morgan fingerprint density at radius 3 is 2.54 bits per heavy atom. The van der Waals surface area contributed by atoms with Gasteiger partial charge in [-0.1, -0.05) is 6.07 Å². The zero-order valence-electron chi connectivity index (χ0n) is 14.6. The average Bonchev–Trinajstić information content (AvgIpc) is 2.66. The number of carbonyl (C=O) groups excluding carboxylic acids is 2. The molecule has 0 saturated carbocycles. The lowest BCUT2D eigenvalue weighted by molar-refractivity contribution is -0.135. The minimum absolute atomic E-state index is 0.104. The van der Waals surface area contributed by atoms with E-state index in [0.717, 1.165) is 0 Å². The van der Waals surface area contributed by atoms with E-state index in [0.29, 0.717) is 22.7 Å². The van der Waals surface area contributed by atoms with Crippen molar-refractivity contribution in [2.45, 2.75) is 0 Å². The van der Waals surface area contributed by atoms with Gasteiger partial charge in [0.2, 0.25) is 5.91 Å². The largest absolute Gasteiger partial charge is 0.497 e. The summed E-state index contributed by atoms with van der Waals surface area (Å²) in [5.74, 6) is 0.442. The van der Waals surface area contributed by atoms with Gasteiger partial charge in [0.1, 0.15) is 11.5 Å². The van der Waals surface area contributed by atoms with Crippen molar-refractivity contribution in [2.24, 2.45) is 0 Å². The van der Waals surface area contributed by atoms with Gasteiger partial charge in [0.15, 0.2) is 6.61 Å². The van der Waals surface area contributed by atoms with Gasteiger partial charge in [0.05, 0.1) is 25.3 Å². The van der Waals surface area contributed by atoms with Gasteiger partial charge < -0.3 is 19.7 Å². The summed E-state index contributed by atoms with van der Waals surface area (Å²) in [6.45, 7) is -0.304. The monoisotopic (exact) mass is 353 g/mol. The highest BCUT2D eigenvalue weighted by atomic mass is 16.5. The number of hydrogen-bond donors (Lipinski definition) is 1. The predicted molar refractivity (Wildman–Crippen MR) is 95.9 cm³/mol. The standard InChI is InChI=1S/C19H19N3O4/c1-22(12-18(23)21-15-4-3-5-17(10-15)25-2)19(24)13-26-16-8-6-14(11-20)7-9-16/h3-10H,12-13H2,1-2H3,(H,21,23). The Hall–Kier alpha value is -3.53. The molecule has 0 spiro atoms. The van der Waals surface area contributed by atoms with Crippen molar-refractivity contribution in [2.75, 3.05) is 32.6 Å². The van der Waals surface area contributed by atoms with Crippen LogP contribution < -0.4 is 14.8 Å². The van der Waals surface area contributed by atoms with Crippen LogP contribution in [0.5, 0.6) is 11.5 Å². The van der Waals surface area contributed by atoms with E-state index in [1.165, 1.54) is 11.9 Å². The van der Waals surface area contributed by atoms with Gasteiger partial charge in [-0.25, -0.2) is 0 Å². The van der Waals surface area contributed by atoms with E-state index in [4.69, 9.17) is 14.7 Å². The molecular weight excluding hydrogens is 334 g/mol. The van der Waals surface area contributed by atoms with Gasteiger partial charge in [-0.3, -0.25) is 9.59 Å². The minimum Gasteiger partial charge on any atom is -0.497 e. The highest BCUT2D eigenvalue weighted by Gasteiger charge is 2.14. The van der Waals surface area contributed by atoms with Crippen molar-refractivity contribution in [1.29, 1.82) is 5.26 Å². The first-order chi connectivity index (χ1) is 12.5. The van der Waals surface area contributed by atoms with Crippen molar-refractivity contribution < 1.29 is 19.1 Å². The van der Waals surface area contributed by atoms with Crippen LogP contribution in [0.2, 0.25) is 0 Å². The maximum atomic E-state index is 12.1. The fourth-order valence-electron chi connectivity index (χ4n) is 2.09. The minimum atomic E-state index is -0.338. The van der Waals surface area contributed by atoms with Crippen LogP contribution in [0.3, 0.4) is 0 Å². The normalized spacial score (nSPS) is 9.73. The molecule has 0 bridgehead atoms. The first-order valence-corrected chi connectivity index (χ1v) is 7.82. The summed E-state index contributed by atoms with van der Waals surface area (Å²) < 4.78 is 10.5.